The van der Waals surface area contributed by atoms with Crippen LogP contribution in [0.15, 0.2) is 62.4 Å². The van der Waals surface area contributed by atoms with Crippen LogP contribution in [-0.4, -0.2) is 83.2 Å². The second-order valence-electron chi connectivity index (χ2n) is 8.70. The van der Waals surface area contributed by atoms with Gasteiger partial charge in [0.1, 0.15) is 29.4 Å². The van der Waals surface area contributed by atoms with Gasteiger partial charge in [-0.3, -0.25) is 14.5 Å². The molecule has 0 spiro atoms. The molecule has 2 aliphatic heterocycles. The summed E-state index contributed by atoms with van der Waals surface area (Å²) in [6.45, 7) is 3.57. The number of hydrogen-bond donors (Lipinski definition) is 5. The maximum Gasteiger partial charge on any atom is 0.352 e. The van der Waals surface area contributed by atoms with E-state index in [-0.39, 0.29) is 46.1 Å². The average Bonchev–Trinajstić information content (AvgIpc) is 3.62. The summed E-state index contributed by atoms with van der Waals surface area (Å²) in [5.74, 6) is -2.41. The number of carbonyl (C=O) groups excluding carboxylic acids is 2. The van der Waals surface area contributed by atoms with Gasteiger partial charge < -0.3 is 31.2 Å². The van der Waals surface area contributed by atoms with Gasteiger partial charge in [-0.2, -0.15) is 0 Å². The van der Waals surface area contributed by atoms with Gasteiger partial charge >= 0.3 is 5.97 Å². The number of carbonyl (C=O) groups is 3. The Kier molecular flexibility index (Phi) is 8.72. The molecule has 2 amide bonds. The summed E-state index contributed by atoms with van der Waals surface area (Å²) in [6, 6.07) is 3.42. The van der Waals surface area contributed by atoms with E-state index in [4.69, 9.17) is 10.6 Å². The van der Waals surface area contributed by atoms with E-state index in [0.717, 1.165) is 11.3 Å². The van der Waals surface area contributed by atoms with Crippen LogP contribution in [0.1, 0.15) is 5.69 Å². The molecule has 2 aliphatic rings. The lowest BCUT2D eigenvalue weighted by atomic mass is 10.0. The van der Waals surface area contributed by atoms with E-state index in [9.17, 15) is 29.7 Å². The van der Waals surface area contributed by atoms with E-state index in [2.05, 4.69) is 27.0 Å². The summed E-state index contributed by atoms with van der Waals surface area (Å²) in [5, 5.41) is 38.7. The van der Waals surface area contributed by atoms with E-state index < -0.39 is 29.2 Å². The van der Waals surface area contributed by atoms with E-state index in [1.54, 1.807) is 11.4 Å². The van der Waals surface area contributed by atoms with Crippen molar-refractivity contribution in [2.75, 3.05) is 23.8 Å². The molecule has 0 saturated carbocycles. The number of phenolic OH excluding ortho intramolecular Hbond substituents is 2. The van der Waals surface area contributed by atoms with E-state index in [1.165, 1.54) is 63.3 Å². The van der Waals surface area contributed by atoms with Gasteiger partial charge in [-0.25, -0.2) is 14.8 Å². The SMILES string of the molecule is C=CCON=C(C(=O)N[C@@H]1C(=O)N2C(C(=O)O)=C(CSc3nc(-c4ccc(O)c(O)c4)cs3)CS[C@H]12)c1csc(N)n1. The van der Waals surface area contributed by atoms with Crippen LogP contribution < -0.4 is 11.1 Å². The number of thiazole rings is 2. The molecule has 4 heterocycles. The van der Waals surface area contributed by atoms with Crippen molar-refractivity contribution in [1.29, 1.82) is 0 Å². The van der Waals surface area contributed by atoms with Crippen molar-refractivity contribution >= 4 is 74.8 Å². The molecule has 0 bridgehead atoms. The summed E-state index contributed by atoms with van der Waals surface area (Å²) in [6.07, 6.45) is 1.45. The number of anilines is 1. The zero-order valence-corrected chi connectivity index (χ0v) is 24.7. The number of aromatic hydroxyl groups is 2. The second-order valence-corrected chi connectivity index (χ2v) is 12.8. The van der Waals surface area contributed by atoms with Crippen LogP contribution >= 0.6 is 46.2 Å². The molecular formula is C25H22N6O7S4. The number of nitrogens with zero attached hydrogens (tertiary/aromatic N) is 4. The van der Waals surface area contributed by atoms with Gasteiger partial charge in [0, 0.05) is 27.8 Å². The van der Waals surface area contributed by atoms with E-state index in [0.29, 0.717) is 26.9 Å². The topological polar surface area (TPSA) is 201 Å². The van der Waals surface area contributed by atoms with Crippen molar-refractivity contribution in [3.8, 4) is 22.8 Å². The zero-order valence-electron chi connectivity index (χ0n) is 21.4. The molecule has 0 aliphatic carbocycles. The number of nitrogen functional groups attached to an aromatic ring is 1. The Labute approximate surface area is 254 Å². The number of β-lactam (4-membered cyclic amide) rings is 1. The molecule has 3 aromatic rings. The van der Waals surface area contributed by atoms with Crippen LogP contribution in [0.4, 0.5) is 5.13 Å². The first-order valence-corrected chi connectivity index (χ1v) is 15.8. The lowest BCUT2D eigenvalue weighted by molar-refractivity contribution is -0.150. The van der Waals surface area contributed by atoms with E-state index >= 15 is 0 Å². The lowest BCUT2D eigenvalue weighted by Crippen LogP contribution is -2.71. The number of carboxylic acid groups (broad SMARTS) is 1. The Balaban J connectivity index is 1.28. The molecule has 13 nitrogen and oxygen atoms in total. The standard InChI is InChI=1S/C25H22N6O7S4/c1-2-5-38-30-17(14-10-40-24(26)27-14)20(34)29-18-21(35)31-19(23(36)37)12(7-39-22(18)31)8-41-25-28-13(9-42-25)11-3-4-15(32)16(33)6-11/h2-4,6,9-10,18,22,32-33H,1,5,7-8H2,(H2,26,27)(H,29,34)(H,36,37)/t18-,22-/m1/s1. The number of aliphatic carboxylic acids is 1. The first-order valence-electron chi connectivity index (χ1n) is 12.0. The van der Waals surface area contributed by atoms with Crippen molar-refractivity contribution < 1.29 is 34.5 Å². The van der Waals surface area contributed by atoms with Gasteiger partial charge in [0.05, 0.1) is 5.69 Å². The minimum absolute atomic E-state index is 0.0429. The molecule has 0 radical (unpaired) electrons. The molecule has 2 atom stereocenters. The number of hydrogen-bond acceptors (Lipinski definition) is 14. The van der Waals surface area contributed by atoms with Gasteiger partial charge in [0.2, 0.25) is 0 Å². The van der Waals surface area contributed by atoms with Crippen LogP contribution in [0.5, 0.6) is 11.5 Å². The number of fused-ring (bicyclic) bond motifs is 1. The first kappa shape index (κ1) is 29.4. The quantitative estimate of drug-likeness (QED) is 0.0389. The number of aromatic nitrogens is 2. The number of nitrogens with two attached hydrogens (primary N) is 1. The van der Waals surface area contributed by atoms with Crippen LogP contribution in [-0.2, 0) is 19.2 Å². The average molecular weight is 647 g/mol. The van der Waals surface area contributed by atoms with Crippen LogP contribution in [0.3, 0.4) is 0 Å². The van der Waals surface area contributed by atoms with Crippen molar-refractivity contribution in [3.05, 3.63) is 58.6 Å². The maximum atomic E-state index is 13.1. The number of rotatable bonds is 11. The van der Waals surface area contributed by atoms with Gasteiger partial charge in [-0.05, 0) is 23.8 Å². The number of carboxylic acids is 1. The summed E-state index contributed by atoms with van der Waals surface area (Å²) in [5.41, 5.74) is 7.34. The smallest absolute Gasteiger partial charge is 0.352 e. The molecule has 1 aromatic carbocycles. The van der Waals surface area contributed by atoms with Crippen LogP contribution in [0, 0.1) is 0 Å². The lowest BCUT2D eigenvalue weighted by Gasteiger charge is -2.49. The summed E-state index contributed by atoms with van der Waals surface area (Å²) < 4.78 is 0.662. The second kappa shape index (κ2) is 12.4. The molecule has 0 unspecified atom stereocenters. The number of phenols is 2. The van der Waals surface area contributed by atoms with Crippen molar-refractivity contribution in [3.63, 3.8) is 0 Å². The molecule has 2 aromatic heterocycles. The molecule has 42 heavy (non-hydrogen) atoms. The minimum atomic E-state index is -1.24. The van der Waals surface area contributed by atoms with Gasteiger partial charge in [-0.15, -0.1) is 34.4 Å². The fourth-order valence-corrected chi connectivity index (χ4v) is 7.92. The Bertz CT molecular complexity index is 1630. The predicted molar refractivity (Wildman–Crippen MR) is 161 cm³/mol. The highest BCUT2D eigenvalue weighted by Gasteiger charge is 2.54. The number of benzene rings is 1. The van der Waals surface area contributed by atoms with Crippen molar-refractivity contribution in [1.82, 2.24) is 20.2 Å². The highest BCUT2D eigenvalue weighted by molar-refractivity contribution is 8.01. The Morgan fingerprint density at radius 3 is 2.76 bits per heavy atom. The molecule has 1 saturated heterocycles. The van der Waals surface area contributed by atoms with Crippen molar-refractivity contribution in [2.24, 2.45) is 5.16 Å². The highest BCUT2D eigenvalue weighted by atomic mass is 32.2. The summed E-state index contributed by atoms with van der Waals surface area (Å²) in [4.78, 5) is 53.3. The Morgan fingerprint density at radius 1 is 1.26 bits per heavy atom. The van der Waals surface area contributed by atoms with Crippen LogP contribution in [0.25, 0.3) is 11.3 Å². The maximum absolute atomic E-state index is 13.1. The Hall–Kier alpha value is -4.06. The Morgan fingerprint density at radius 2 is 2.07 bits per heavy atom. The van der Waals surface area contributed by atoms with Gasteiger partial charge in [-0.1, -0.05) is 29.6 Å². The predicted octanol–water partition coefficient (Wildman–Crippen LogP) is 2.70. The normalized spacial score (nSPS) is 18.3. The largest absolute Gasteiger partial charge is 0.504 e. The highest BCUT2D eigenvalue weighted by Crippen LogP contribution is 2.42. The third kappa shape index (κ3) is 5.94. The molecule has 6 N–H and O–H groups in total. The number of oxime groups is 1. The van der Waals surface area contributed by atoms with Crippen molar-refractivity contribution in [2.45, 2.75) is 15.8 Å². The first-order chi connectivity index (χ1) is 20.2. The van der Waals surface area contributed by atoms with Gasteiger partial charge in [0.15, 0.2) is 26.7 Å². The molecule has 5 rings (SSSR count). The molecule has 218 valence electrons. The number of thioether (sulfide) groups is 2. The fourth-order valence-electron chi connectivity index (χ4n) is 4.05. The third-order valence-corrected chi connectivity index (χ3v) is 10.1. The monoisotopic (exact) mass is 646 g/mol. The van der Waals surface area contributed by atoms with Gasteiger partial charge in [0.25, 0.3) is 11.8 Å². The van der Waals surface area contributed by atoms with E-state index in [1.807, 2.05) is 0 Å². The van der Waals surface area contributed by atoms with Crippen LogP contribution in [0.2, 0.25) is 0 Å². The minimum Gasteiger partial charge on any atom is -0.504 e. The fraction of sp³-hybridized carbons (Fsp3) is 0.200. The number of amides is 2. The molecule has 17 heteroatoms. The summed E-state index contributed by atoms with van der Waals surface area (Å²) in [7, 11) is 0. The zero-order chi connectivity index (χ0) is 30.0. The molecule has 1 fully saturated rings. The third-order valence-electron chi connectivity index (χ3n) is 5.99. The summed E-state index contributed by atoms with van der Waals surface area (Å²) >= 11 is 5.12. The molecular weight excluding hydrogens is 625 g/mol. The number of nitrogens with one attached hydrogen (secondary N) is 1.